The molecule has 0 saturated heterocycles. The Bertz CT molecular complexity index is 348. The van der Waals surface area contributed by atoms with Crippen LogP contribution in [0.3, 0.4) is 0 Å². The summed E-state index contributed by atoms with van der Waals surface area (Å²) in [5.41, 5.74) is 1.18. The molecule has 1 aromatic carbocycles. The Kier molecular flexibility index (Phi) is 6.44. The lowest BCUT2D eigenvalue weighted by molar-refractivity contribution is -0.152. The molecule has 3 nitrogen and oxygen atoms in total. The molecule has 3 heteroatoms. The SMILES string of the molecule is CCOC(=O)C(CC)C(O)CCc1ccccc1. The highest BCUT2D eigenvalue weighted by molar-refractivity contribution is 5.73. The molecule has 0 fully saturated rings. The second-order valence-corrected chi connectivity index (χ2v) is 4.36. The largest absolute Gasteiger partial charge is 0.466 e. The van der Waals surface area contributed by atoms with Crippen LogP contribution < -0.4 is 0 Å². The molecular weight excluding hydrogens is 228 g/mol. The van der Waals surface area contributed by atoms with Gasteiger partial charge in [0.25, 0.3) is 0 Å². The van der Waals surface area contributed by atoms with E-state index in [4.69, 9.17) is 4.74 Å². The van der Waals surface area contributed by atoms with E-state index in [-0.39, 0.29) is 5.97 Å². The lowest BCUT2D eigenvalue weighted by atomic mass is 9.94. The molecule has 1 aromatic rings. The van der Waals surface area contributed by atoms with Crippen molar-refractivity contribution in [3.05, 3.63) is 35.9 Å². The molecule has 0 saturated carbocycles. The van der Waals surface area contributed by atoms with Gasteiger partial charge in [-0.3, -0.25) is 4.79 Å². The average Bonchev–Trinajstić information content (AvgIpc) is 2.39. The van der Waals surface area contributed by atoms with Crippen molar-refractivity contribution in [2.45, 2.75) is 39.2 Å². The fourth-order valence-electron chi connectivity index (χ4n) is 2.01. The zero-order valence-electron chi connectivity index (χ0n) is 11.1. The van der Waals surface area contributed by atoms with Gasteiger partial charge in [0.05, 0.1) is 18.6 Å². The summed E-state index contributed by atoms with van der Waals surface area (Å²) >= 11 is 0. The molecular formula is C15H22O3. The summed E-state index contributed by atoms with van der Waals surface area (Å²) in [4.78, 5) is 11.6. The molecule has 0 radical (unpaired) electrons. The molecule has 2 unspecified atom stereocenters. The van der Waals surface area contributed by atoms with Crippen LogP contribution >= 0.6 is 0 Å². The van der Waals surface area contributed by atoms with Gasteiger partial charge in [-0.2, -0.15) is 0 Å². The van der Waals surface area contributed by atoms with E-state index >= 15 is 0 Å². The van der Waals surface area contributed by atoms with Crippen molar-refractivity contribution >= 4 is 5.97 Å². The van der Waals surface area contributed by atoms with Crippen molar-refractivity contribution < 1.29 is 14.6 Å². The van der Waals surface area contributed by atoms with E-state index < -0.39 is 12.0 Å². The fraction of sp³-hybridized carbons (Fsp3) is 0.533. The summed E-state index contributed by atoms with van der Waals surface area (Å²) in [6.07, 6.45) is 1.34. The van der Waals surface area contributed by atoms with Gasteiger partial charge in [-0.1, -0.05) is 37.3 Å². The lowest BCUT2D eigenvalue weighted by Gasteiger charge is -2.19. The Labute approximate surface area is 109 Å². The number of aliphatic hydroxyl groups excluding tert-OH is 1. The van der Waals surface area contributed by atoms with Gasteiger partial charge in [-0.25, -0.2) is 0 Å². The minimum absolute atomic E-state index is 0.291. The van der Waals surface area contributed by atoms with Crippen LogP contribution in [-0.4, -0.2) is 23.8 Å². The van der Waals surface area contributed by atoms with Gasteiger partial charge in [-0.15, -0.1) is 0 Å². The summed E-state index contributed by atoms with van der Waals surface area (Å²) in [5.74, 6) is -0.700. The zero-order chi connectivity index (χ0) is 13.4. The van der Waals surface area contributed by atoms with Gasteiger partial charge in [-0.05, 0) is 31.7 Å². The molecule has 0 bridgehead atoms. The number of aliphatic hydroxyl groups is 1. The van der Waals surface area contributed by atoms with Crippen molar-refractivity contribution in [2.24, 2.45) is 5.92 Å². The molecule has 2 atom stereocenters. The summed E-state index contributed by atoms with van der Waals surface area (Å²) in [7, 11) is 0. The quantitative estimate of drug-likeness (QED) is 0.756. The van der Waals surface area contributed by atoms with E-state index in [2.05, 4.69) is 0 Å². The molecule has 1 rings (SSSR count). The second-order valence-electron chi connectivity index (χ2n) is 4.36. The van der Waals surface area contributed by atoms with E-state index in [1.54, 1.807) is 6.92 Å². The van der Waals surface area contributed by atoms with Crippen LogP contribution in [0.15, 0.2) is 30.3 Å². The first-order valence-electron chi connectivity index (χ1n) is 6.57. The maximum atomic E-state index is 11.6. The molecule has 18 heavy (non-hydrogen) atoms. The molecule has 0 aliphatic rings. The molecule has 0 amide bonds. The third-order valence-corrected chi connectivity index (χ3v) is 3.07. The highest BCUT2D eigenvalue weighted by Gasteiger charge is 2.25. The van der Waals surface area contributed by atoms with E-state index in [1.165, 1.54) is 5.56 Å². The minimum Gasteiger partial charge on any atom is -0.466 e. The molecule has 0 spiro atoms. The first-order chi connectivity index (χ1) is 8.69. The second kappa shape index (κ2) is 7.88. The van der Waals surface area contributed by atoms with Crippen LogP contribution in [-0.2, 0) is 16.0 Å². The van der Waals surface area contributed by atoms with Crippen molar-refractivity contribution in [1.29, 1.82) is 0 Å². The minimum atomic E-state index is -0.630. The number of rotatable bonds is 7. The third-order valence-electron chi connectivity index (χ3n) is 3.07. The van der Waals surface area contributed by atoms with Gasteiger partial charge in [0, 0.05) is 0 Å². The van der Waals surface area contributed by atoms with Crippen LogP contribution in [0, 0.1) is 5.92 Å². The maximum absolute atomic E-state index is 11.6. The number of benzene rings is 1. The number of aryl methyl sites for hydroxylation is 1. The number of carbonyl (C=O) groups excluding carboxylic acids is 1. The van der Waals surface area contributed by atoms with Crippen molar-refractivity contribution in [3.63, 3.8) is 0 Å². The van der Waals surface area contributed by atoms with Gasteiger partial charge in [0.15, 0.2) is 0 Å². The number of carbonyl (C=O) groups is 1. The molecule has 0 aromatic heterocycles. The van der Waals surface area contributed by atoms with E-state index in [0.29, 0.717) is 19.4 Å². The monoisotopic (exact) mass is 250 g/mol. The van der Waals surface area contributed by atoms with Crippen LogP contribution in [0.5, 0.6) is 0 Å². The predicted octanol–water partition coefficient (Wildman–Crippen LogP) is 2.57. The van der Waals surface area contributed by atoms with Gasteiger partial charge < -0.3 is 9.84 Å². The molecule has 0 heterocycles. The van der Waals surface area contributed by atoms with Gasteiger partial charge in [0.1, 0.15) is 0 Å². The average molecular weight is 250 g/mol. The zero-order valence-corrected chi connectivity index (χ0v) is 11.1. The Morgan fingerprint density at radius 2 is 1.94 bits per heavy atom. The van der Waals surface area contributed by atoms with E-state index in [0.717, 1.165) is 6.42 Å². The highest BCUT2D eigenvalue weighted by atomic mass is 16.5. The van der Waals surface area contributed by atoms with Crippen LogP contribution in [0.4, 0.5) is 0 Å². The summed E-state index contributed by atoms with van der Waals surface area (Å²) in [6.45, 7) is 4.04. The number of ether oxygens (including phenoxy) is 1. The van der Waals surface area contributed by atoms with Crippen LogP contribution in [0.2, 0.25) is 0 Å². The smallest absolute Gasteiger partial charge is 0.311 e. The van der Waals surface area contributed by atoms with Crippen molar-refractivity contribution in [2.75, 3.05) is 6.61 Å². The molecule has 0 aliphatic heterocycles. The Morgan fingerprint density at radius 3 is 2.50 bits per heavy atom. The Hall–Kier alpha value is -1.35. The van der Waals surface area contributed by atoms with E-state index in [9.17, 15) is 9.90 Å². The first-order valence-corrected chi connectivity index (χ1v) is 6.57. The van der Waals surface area contributed by atoms with Crippen LogP contribution in [0.1, 0.15) is 32.3 Å². The highest BCUT2D eigenvalue weighted by Crippen LogP contribution is 2.16. The number of esters is 1. The summed E-state index contributed by atoms with van der Waals surface area (Å²) < 4.78 is 4.97. The first kappa shape index (κ1) is 14.7. The Morgan fingerprint density at radius 1 is 1.28 bits per heavy atom. The van der Waals surface area contributed by atoms with Crippen molar-refractivity contribution in [3.8, 4) is 0 Å². The molecule has 0 aliphatic carbocycles. The van der Waals surface area contributed by atoms with E-state index in [1.807, 2.05) is 37.3 Å². The number of hydrogen-bond donors (Lipinski definition) is 1. The lowest BCUT2D eigenvalue weighted by Crippen LogP contribution is -2.29. The molecule has 100 valence electrons. The third kappa shape index (κ3) is 4.49. The predicted molar refractivity (Wildman–Crippen MR) is 71.2 cm³/mol. The maximum Gasteiger partial charge on any atom is 0.311 e. The standard InChI is InChI=1S/C15H22O3/c1-3-13(15(17)18-4-2)14(16)11-10-12-8-6-5-7-9-12/h5-9,13-14,16H,3-4,10-11H2,1-2H3. The summed E-state index contributed by atoms with van der Waals surface area (Å²) in [6, 6.07) is 9.97. The molecule has 1 N–H and O–H groups in total. The fourth-order valence-corrected chi connectivity index (χ4v) is 2.01. The number of hydrogen-bond acceptors (Lipinski definition) is 3. The van der Waals surface area contributed by atoms with Crippen LogP contribution in [0.25, 0.3) is 0 Å². The van der Waals surface area contributed by atoms with Gasteiger partial charge >= 0.3 is 5.97 Å². The normalized spacial score (nSPS) is 13.9. The van der Waals surface area contributed by atoms with Crippen molar-refractivity contribution in [1.82, 2.24) is 0 Å². The Balaban J connectivity index is 2.47. The topological polar surface area (TPSA) is 46.5 Å². The van der Waals surface area contributed by atoms with Gasteiger partial charge in [0.2, 0.25) is 0 Å². The summed E-state index contributed by atoms with van der Waals surface area (Å²) in [5, 5.41) is 10.1.